The molecular weight excluding hydrogens is 331 g/mol. The molecule has 0 bridgehead atoms. The van der Waals surface area contributed by atoms with E-state index in [1.165, 1.54) is 12.5 Å². The number of nitrogens with zero attached hydrogens (tertiary/aromatic N) is 1. The lowest BCUT2D eigenvalue weighted by atomic mass is 10.0. The topological polar surface area (TPSA) is 3.24 Å². The zero-order valence-corrected chi connectivity index (χ0v) is 12.9. The van der Waals surface area contributed by atoms with Gasteiger partial charge in [0.25, 0.3) is 0 Å². The van der Waals surface area contributed by atoms with Gasteiger partial charge in [-0.3, -0.25) is 0 Å². The molecule has 1 saturated heterocycles. The zero-order chi connectivity index (χ0) is 14.6. The molecule has 1 heterocycles. The lowest BCUT2D eigenvalue weighted by Crippen LogP contribution is -2.29. The van der Waals surface area contributed by atoms with Crippen LogP contribution in [0.1, 0.15) is 43.2 Å². The van der Waals surface area contributed by atoms with Crippen LogP contribution >= 0.6 is 15.9 Å². The van der Waals surface area contributed by atoms with Gasteiger partial charge in [-0.05, 0) is 30.5 Å². The summed E-state index contributed by atoms with van der Waals surface area (Å²) in [6, 6.07) is 4.67. The lowest BCUT2D eigenvalue weighted by molar-refractivity contribution is -0.137. The van der Waals surface area contributed by atoms with Gasteiger partial charge >= 0.3 is 6.18 Å². The smallest absolute Gasteiger partial charge is 0.371 e. The minimum absolute atomic E-state index is 0.337. The molecule has 1 aromatic rings. The Morgan fingerprint density at radius 1 is 1.00 bits per heavy atom. The Hall–Kier alpha value is -0.710. The van der Waals surface area contributed by atoms with Crippen LogP contribution in [0.25, 0.3) is 0 Å². The Morgan fingerprint density at radius 2 is 1.60 bits per heavy atom. The van der Waals surface area contributed by atoms with Crippen LogP contribution in [0.2, 0.25) is 0 Å². The van der Waals surface area contributed by atoms with Crippen molar-refractivity contribution < 1.29 is 13.2 Å². The summed E-state index contributed by atoms with van der Waals surface area (Å²) >= 11 is 3.22. The van der Waals surface area contributed by atoms with E-state index >= 15 is 0 Å². The molecule has 1 aromatic carbocycles. The third kappa shape index (κ3) is 3.90. The van der Waals surface area contributed by atoms with Crippen LogP contribution in [-0.2, 0) is 11.5 Å². The fourth-order valence-electron chi connectivity index (χ4n) is 2.66. The Bertz CT molecular complexity index is 437. The monoisotopic (exact) mass is 349 g/mol. The van der Waals surface area contributed by atoms with Gasteiger partial charge in [0.2, 0.25) is 0 Å². The summed E-state index contributed by atoms with van der Waals surface area (Å²) in [5.74, 6) is 0. The van der Waals surface area contributed by atoms with Gasteiger partial charge in [-0.25, -0.2) is 0 Å². The maximum atomic E-state index is 13.3. The summed E-state index contributed by atoms with van der Waals surface area (Å²) in [7, 11) is 0. The summed E-state index contributed by atoms with van der Waals surface area (Å²) in [5.41, 5.74) is 0.493. The first-order valence-electron chi connectivity index (χ1n) is 7.03. The van der Waals surface area contributed by atoms with Crippen LogP contribution in [0.5, 0.6) is 0 Å². The highest BCUT2D eigenvalue weighted by molar-refractivity contribution is 9.08. The molecule has 1 aliphatic rings. The Morgan fingerprint density at radius 3 is 2.15 bits per heavy atom. The molecule has 0 aromatic heterocycles. The minimum atomic E-state index is -4.30. The fraction of sp³-hybridized carbons (Fsp3) is 0.600. The third-order valence-corrected chi connectivity index (χ3v) is 4.36. The number of halogens is 4. The van der Waals surface area contributed by atoms with Gasteiger partial charge in [0.1, 0.15) is 0 Å². The lowest BCUT2D eigenvalue weighted by Gasteiger charge is -2.29. The molecule has 0 radical (unpaired) electrons. The maximum Gasteiger partial charge on any atom is 0.418 e. The van der Waals surface area contributed by atoms with Crippen molar-refractivity contribution in [1.29, 1.82) is 0 Å². The van der Waals surface area contributed by atoms with Gasteiger partial charge in [0.05, 0.1) is 5.56 Å². The number of rotatable bonds is 2. The molecule has 2 rings (SSSR count). The summed E-state index contributed by atoms with van der Waals surface area (Å²) < 4.78 is 39.8. The van der Waals surface area contributed by atoms with E-state index in [1.54, 1.807) is 12.1 Å². The highest BCUT2D eigenvalue weighted by Crippen LogP contribution is 2.38. The van der Waals surface area contributed by atoms with E-state index in [0.717, 1.165) is 38.8 Å². The van der Waals surface area contributed by atoms with E-state index in [2.05, 4.69) is 15.9 Å². The van der Waals surface area contributed by atoms with Gasteiger partial charge in [0.15, 0.2) is 0 Å². The van der Waals surface area contributed by atoms with Gasteiger partial charge in [0, 0.05) is 24.1 Å². The summed E-state index contributed by atoms with van der Waals surface area (Å²) in [6.07, 6.45) is 1.06. The van der Waals surface area contributed by atoms with E-state index < -0.39 is 11.7 Å². The predicted octanol–water partition coefficient (Wildman–Crippen LogP) is 5.37. The van der Waals surface area contributed by atoms with E-state index in [0.29, 0.717) is 16.6 Å². The highest BCUT2D eigenvalue weighted by atomic mass is 79.9. The second kappa shape index (κ2) is 6.83. The Kier molecular flexibility index (Phi) is 5.35. The van der Waals surface area contributed by atoms with Crippen molar-refractivity contribution >= 4 is 21.6 Å². The highest BCUT2D eigenvalue weighted by Gasteiger charge is 2.35. The molecule has 0 unspecified atom stereocenters. The van der Waals surface area contributed by atoms with Crippen LogP contribution < -0.4 is 4.90 Å². The van der Waals surface area contributed by atoms with Crippen molar-refractivity contribution in [3.63, 3.8) is 0 Å². The van der Waals surface area contributed by atoms with Crippen molar-refractivity contribution in [1.82, 2.24) is 0 Å². The van der Waals surface area contributed by atoms with Crippen LogP contribution in [-0.4, -0.2) is 13.1 Å². The van der Waals surface area contributed by atoms with Crippen LogP contribution in [0.4, 0.5) is 18.9 Å². The largest absolute Gasteiger partial charge is 0.418 e. The quantitative estimate of drug-likeness (QED) is 0.648. The standard InChI is InChI=1S/C15H19BrF3N/c16-11-12-6-7-14(13(10-12)15(17,18)19)20-8-4-2-1-3-5-9-20/h6-7,10H,1-5,8-9,11H2. The van der Waals surface area contributed by atoms with E-state index in [1.807, 2.05) is 4.90 Å². The molecule has 0 saturated carbocycles. The Balaban J connectivity index is 2.33. The molecule has 0 amide bonds. The van der Waals surface area contributed by atoms with Crippen LogP contribution in [0, 0.1) is 0 Å². The number of alkyl halides is 4. The van der Waals surface area contributed by atoms with Crippen molar-refractivity contribution in [3.05, 3.63) is 29.3 Å². The zero-order valence-electron chi connectivity index (χ0n) is 11.3. The maximum absolute atomic E-state index is 13.3. The first kappa shape index (κ1) is 15.7. The molecular formula is C15H19BrF3N. The van der Waals surface area contributed by atoms with Crippen molar-refractivity contribution in [2.75, 3.05) is 18.0 Å². The summed E-state index contributed by atoms with van der Waals surface area (Å²) in [6.45, 7) is 1.44. The second-order valence-corrected chi connectivity index (χ2v) is 5.80. The van der Waals surface area contributed by atoms with E-state index in [-0.39, 0.29) is 0 Å². The van der Waals surface area contributed by atoms with Crippen molar-refractivity contribution in [2.24, 2.45) is 0 Å². The molecule has 0 aliphatic carbocycles. The van der Waals surface area contributed by atoms with Gasteiger partial charge in [-0.1, -0.05) is 41.3 Å². The second-order valence-electron chi connectivity index (χ2n) is 5.24. The molecule has 0 N–H and O–H groups in total. The SMILES string of the molecule is FC(F)(F)c1cc(CBr)ccc1N1CCCCCCC1. The van der Waals surface area contributed by atoms with Crippen molar-refractivity contribution in [3.8, 4) is 0 Å². The summed E-state index contributed by atoms with van der Waals surface area (Å²) in [4.78, 5) is 1.90. The minimum Gasteiger partial charge on any atom is -0.371 e. The number of hydrogen-bond acceptors (Lipinski definition) is 1. The van der Waals surface area contributed by atoms with Crippen LogP contribution in [0.3, 0.4) is 0 Å². The fourth-order valence-corrected chi connectivity index (χ4v) is 3.01. The predicted molar refractivity (Wildman–Crippen MR) is 79.4 cm³/mol. The third-order valence-electron chi connectivity index (χ3n) is 3.72. The molecule has 1 nitrogen and oxygen atoms in total. The number of hydrogen-bond donors (Lipinski definition) is 0. The van der Waals surface area contributed by atoms with Gasteiger partial charge < -0.3 is 4.90 Å². The van der Waals surface area contributed by atoms with Crippen molar-refractivity contribution in [2.45, 2.75) is 43.6 Å². The summed E-state index contributed by atoms with van der Waals surface area (Å²) in [5, 5.41) is 0.441. The molecule has 1 aliphatic heterocycles. The molecule has 0 atom stereocenters. The Labute approximate surface area is 126 Å². The molecule has 20 heavy (non-hydrogen) atoms. The van der Waals surface area contributed by atoms with Gasteiger partial charge in [-0.2, -0.15) is 13.2 Å². The van der Waals surface area contributed by atoms with Gasteiger partial charge in [-0.15, -0.1) is 0 Å². The first-order valence-corrected chi connectivity index (χ1v) is 8.15. The molecule has 112 valence electrons. The average Bonchev–Trinajstić information content (AvgIpc) is 2.37. The number of anilines is 1. The molecule has 5 heteroatoms. The molecule has 1 fully saturated rings. The average molecular weight is 350 g/mol. The number of benzene rings is 1. The molecule has 0 spiro atoms. The normalized spacial score (nSPS) is 17.7. The van der Waals surface area contributed by atoms with E-state index in [4.69, 9.17) is 0 Å². The first-order chi connectivity index (χ1) is 9.52. The van der Waals surface area contributed by atoms with Crippen LogP contribution in [0.15, 0.2) is 18.2 Å². The van der Waals surface area contributed by atoms with E-state index in [9.17, 15) is 13.2 Å².